The minimum atomic E-state index is 0.364. The molecule has 0 spiro atoms. The molecule has 0 radical (unpaired) electrons. The average Bonchev–Trinajstić information content (AvgIpc) is 2.45. The zero-order valence-electron chi connectivity index (χ0n) is 10.6. The van der Waals surface area contributed by atoms with E-state index in [2.05, 4.69) is 0 Å². The van der Waals surface area contributed by atoms with Crippen LogP contribution in [0.5, 0.6) is 11.5 Å². The maximum Gasteiger partial charge on any atom is 0.125 e. The lowest BCUT2D eigenvalue weighted by Gasteiger charge is -2.11. The molecule has 0 aliphatic rings. The van der Waals surface area contributed by atoms with Gasteiger partial charge in [-0.2, -0.15) is 0 Å². The Morgan fingerprint density at radius 2 is 1.89 bits per heavy atom. The number of methoxy groups -OCH3 is 1. The van der Waals surface area contributed by atoms with Gasteiger partial charge in [-0.15, -0.1) is 0 Å². The summed E-state index contributed by atoms with van der Waals surface area (Å²) in [5, 5.41) is 0. The Kier molecular flexibility index (Phi) is 4.36. The van der Waals surface area contributed by atoms with E-state index in [1.54, 1.807) is 7.11 Å². The molecular formula is C15H15NO2S. The van der Waals surface area contributed by atoms with Gasteiger partial charge in [0, 0.05) is 11.1 Å². The van der Waals surface area contributed by atoms with Crippen molar-refractivity contribution in [2.24, 2.45) is 5.73 Å². The first kappa shape index (κ1) is 13.4. The maximum absolute atomic E-state index is 5.71. The molecule has 0 fully saturated rings. The third kappa shape index (κ3) is 3.45. The quantitative estimate of drug-likeness (QED) is 0.851. The third-order valence-electron chi connectivity index (χ3n) is 2.70. The van der Waals surface area contributed by atoms with Crippen molar-refractivity contribution in [3.63, 3.8) is 0 Å². The average molecular weight is 273 g/mol. The second-order valence-corrected chi connectivity index (χ2v) is 4.43. The predicted molar refractivity (Wildman–Crippen MR) is 79.7 cm³/mol. The van der Waals surface area contributed by atoms with Gasteiger partial charge in [-0.05, 0) is 30.3 Å². The number of thiocarbonyl (C=S) groups is 1. The number of nitrogens with two attached hydrogens (primary N) is 1. The topological polar surface area (TPSA) is 44.5 Å². The Bertz CT molecular complexity index is 570. The van der Waals surface area contributed by atoms with E-state index in [1.807, 2.05) is 48.5 Å². The van der Waals surface area contributed by atoms with E-state index >= 15 is 0 Å². The van der Waals surface area contributed by atoms with E-state index in [4.69, 9.17) is 27.4 Å². The lowest BCUT2D eigenvalue weighted by molar-refractivity contribution is 0.296. The lowest BCUT2D eigenvalue weighted by Crippen LogP contribution is -2.10. The number of para-hydroxylation sites is 1. The Balaban J connectivity index is 2.18. The van der Waals surface area contributed by atoms with Gasteiger partial charge in [-0.3, -0.25) is 0 Å². The van der Waals surface area contributed by atoms with Gasteiger partial charge in [0.05, 0.1) is 7.11 Å². The summed E-state index contributed by atoms with van der Waals surface area (Å²) in [4.78, 5) is 0.364. The van der Waals surface area contributed by atoms with E-state index in [0.29, 0.717) is 11.6 Å². The lowest BCUT2D eigenvalue weighted by atomic mass is 10.1. The molecule has 19 heavy (non-hydrogen) atoms. The molecule has 0 saturated heterocycles. The standard InChI is InChI=1S/C15H15NO2S/c1-17-14-8-7-11(15(16)19)9-12(14)10-18-13-5-3-2-4-6-13/h2-9H,10H2,1H3,(H2,16,19). The summed E-state index contributed by atoms with van der Waals surface area (Å²) in [6.07, 6.45) is 0. The number of hydrogen-bond acceptors (Lipinski definition) is 3. The summed E-state index contributed by atoms with van der Waals surface area (Å²) in [6, 6.07) is 15.2. The summed E-state index contributed by atoms with van der Waals surface area (Å²) in [5.74, 6) is 1.57. The fourth-order valence-corrected chi connectivity index (χ4v) is 1.85. The number of benzene rings is 2. The summed E-state index contributed by atoms with van der Waals surface area (Å²) in [5.41, 5.74) is 7.35. The van der Waals surface area contributed by atoms with Gasteiger partial charge in [0.15, 0.2) is 0 Å². The SMILES string of the molecule is COc1ccc(C(N)=S)cc1COc1ccccc1. The van der Waals surface area contributed by atoms with Crippen molar-refractivity contribution in [2.75, 3.05) is 7.11 Å². The fourth-order valence-electron chi connectivity index (χ4n) is 1.72. The smallest absolute Gasteiger partial charge is 0.125 e. The third-order valence-corrected chi connectivity index (χ3v) is 2.94. The molecule has 2 N–H and O–H groups in total. The molecule has 4 heteroatoms. The summed E-state index contributed by atoms with van der Waals surface area (Å²) >= 11 is 4.97. The van der Waals surface area contributed by atoms with Crippen LogP contribution >= 0.6 is 12.2 Å². The monoisotopic (exact) mass is 273 g/mol. The predicted octanol–water partition coefficient (Wildman–Crippen LogP) is 2.91. The molecule has 2 aromatic rings. The minimum Gasteiger partial charge on any atom is -0.496 e. The molecule has 0 bridgehead atoms. The number of ether oxygens (including phenoxy) is 2. The molecule has 3 nitrogen and oxygen atoms in total. The zero-order chi connectivity index (χ0) is 13.7. The molecular weight excluding hydrogens is 258 g/mol. The van der Waals surface area contributed by atoms with E-state index in [9.17, 15) is 0 Å². The van der Waals surface area contributed by atoms with Crippen LogP contribution in [0.2, 0.25) is 0 Å². The second kappa shape index (κ2) is 6.20. The first-order valence-corrected chi connectivity index (χ1v) is 6.26. The summed E-state index contributed by atoms with van der Waals surface area (Å²) < 4.78 is 11.0. The van der Waals surface area contributed by atoms with Gasteiger partial charge in [0.1, 0.15) is 23.1 Å². The molecule has 2 aromatic carbocycles. The van der Waals surface area contributed by atoms with Crippen LogP contribution in [0.3, 0.4) is 0 Å². The van der Waals surface area contributed by atoms with Crippen LogP contribution in [-0.4, -0.2) is 12.1 Å². The van der Waals surface area contributed by atoms with Crippen molar-refractivity contribution in [2.45, 2.75) is 6.61 Å². The minimum absolute atomic E-state index is 0.364. The van der Waals surface area contributed by atoms with Gasteiger partial charge in [0.2, 0.25) is 0 Å². The first-order valence-electron chi connectivity index (χ1n) is 5.85. The highest BCUT2D eigenvalue weighted by Gasteiger charge is 2.07. The highest BCUT2D eigenvalue weighted by atomic mass is 32.1. The van der Waals surface area contributed by atoms with E-state index in [1.165, 1.54) is 0 Å². The maximum atomic E-state index is 5.71. The van der Waals surface area contributed by atoms with Crippen molar-refractivity contribution in [3.8, 4) is 11.5 Å². The highest BCUT2D eigenvalue weighted by Crippen LogP contribution is 2.22. The first-order chi connectivity index (χ1) is 9.20. The van der Waals surface area contributed by atoms with Crippen LogP contribution in [0, 0.1) is 0 Å². The van der Waals surface area contributed by atoms with Crippen molar-refractivity contribution in [3.05, 3.63) is 59.7 Å². The van der Waals surface area contributed by atoms with Crippen molar-refractivity contribution >= 4 is 17.2 Å². The van der Waals surface area contributed by atoms with Gasteiger partial charge in [-0.1, -0.05) is 30.4 Å². The Labute approximate surface area is 118 Å². The molecule has 0 unspecified atom stereocenters. The molecule has 0 aliphatic carbocycles. The van der Waals surface area contributed by atoms with Crippen molar-refractivity contribution in [1.29, 1.82) is 0 Å². The van der Waals surface area contributed by atoms with E-state index < -0.39 is 0 Å². The number of rotatable bonds is 5. The molecule has 0 aromatic heterocycles. The van der Waals surface area contributed by atoms with E-state index in [-0.39, 0.29) is 0 Å². The molecule has 0 saturated carbocycles. The van der Waals surface area contributed by atoms with Crippen LogP contribution < -0.4 is 15.2 Å². The fraction of sp³-hybridized carbons (Fsp3) is 0.133. The molecule has 0 heterocycles. The highest BCUT2D eigenvalue weighted by molar-refractivity contribution is 7.80. The second-order valence-electron chi connectivity index (χ2n) is 3.99. The van der Waals surface area contributed by atoms with Crippen LogP contribution in [0.4, 0.5) is 0 Å². The van der Waals surface area contributed by atoms with Gasteiger partial charge in [-0.25, -0.2) is 0 Å². The van der Waals surface area contributed by atoms with Crippen LogP contribution in [0.15, 0.2) is 48.5 Å². The van der Waals surface area contributed by atoms with Crippen LogP contribution in [0.25, 0.3) is 0 Å². The number of hydrogen-bond donors (Lipinski definition) is 1. The van der Waals surface area contributed by atoms with Crippen molar-refractivity contribution in [1.82, 2.24) is 0 Å². The van der Waals surface area contributed by atoms with Gasteiger partial charge >= 0.3 is 0 Å². The Morgan fingerprint density at radius 1 is 1.16 bits per heavy atom. The normalized spacial score (nSPS) is 9.95. The molecule has 0 atom stereocenters. The van der Waals surface area contributed by atoms with Crippen LogP contribution in [0.1, 0.15) is 11.1 Å². The van der Waals surface area contributed by atoms with Gasteiger partial charge < -0.3 is 15.2 Å². The van der Waals surface area contributed by atoms with Gasteiger partial charge in [0.25, 0.3) is 0 Å². The zero-order valence-corrected chi connectivity index (χ0v) is 11.4. The Morgan fingerprint density at radius 3 is 2.53 bits per heavy atom. The summed E-state index contributed by atoms with van der Waals surface area (Å²) in [7, 11) is 1.63. The Hall–Kier alpha value is -2.07. The summed E-state index contributed by atoms with van der Waals surface area (Å²) in [6.45, 7) is 0.406. The van der Waals surface area contributed by atoms with Crippen molar-refractivity contribution < 1.29 is 9.47 Å². The molecule has 2 rings (SSSR count). The molecule has 0 amide bonds. The van der Waals surface area contributed by atoms with Crippen LogP contribution in [-0.2, 0) is 6.61 Å². The molecule has 0 aliphatic heterocycles. The van der Waals surface area contributed by atoms with E-state index in [0.717, 1.165) is 22.6 Å². The largest absolute Gasteiger partial charge is 0.496 e. The molecule has 98 valence electrons.